The first-order valence-corrected chi connectivity index (χ1v) is 43.1. The minimum Gasteiger partial charge on any atom is -0.394 e. The molecule has 3 saturated heterocycles. The summed E-state index contributed by atoms with van der Waals surface area (Å²) in [6.45, 7) is 1.70. The molecule has 0 spiro atoms. The maximum absolute atomic E-state index is 13.5. The molecule has 624 valence electrons. The summed E-state index contributed by atoms with van der Waals surface area (Å²) in [7, 11) is 0. The lowest BCUT2D eigenvalue weighted by Gasteiger charge is -2.48. The second-order valence-electron chi connectivity index (χ2n) is 30.3. The molecule has 17 unspecified atom stereocenters. The third-order valence-corrected chi connectivity index (χ3v) is 20.9. The Morgan fingerprint density at radius 1 is 0.343 bits per heavy atom. The van der Waals surface area contributed by atoms with Gasteiger partial charge in [0.05, 0.1) is 38.6 Å². The smallest absolute Gasteiger partial charge is 0.220 e. The molecular formula is C89H155NO18. The van der Waals surface area contributed by atoms with Gasteiger partial charge in [0.15, 0.2) is 18.9 Å². The Labute approximate surface area is 653 Å². The van der Waals surface area contributed by atoms with Gasteiger partial charge >= 0.3 is 0 Å². The zero-order chi connectivity index (χ0) is 78.1. The van der Waals surface area contributed by atoms with Crippen molar-refractivity contribution in [3.63, 3.8) is 0 Å². The summed E-state index contributed by atoms with van der Waals surface area (Å²) in [5.41, 5.74) is 0. The van der Waals surface area contributed by atoms with E-state index in [2.05, 4.69) is 129 Å². The van der Waals surface area contributed by atoms with Gasteiger partial charge < -0.3 is 89.9 Å². The highest BCUT2D eigenvalue weighted by atomic mass is 16.8. The number of carbonyl (C=O) groups excluding carboxylic acids is 1. The van der Waals surface area contributed by atoms with Crippen molar-refractivity contribution in [1.29, 1.82) is 0 Å². The Morgan fingerprint density at radius 2 is 0.639 bits per heavy atom. The number of rotatable bonds is 68. The highest BCUT2D eigenvalue weighted by molar-refractivity contribution is 5.76. The maximum Gasteiger partial charge on any atom is 0.220 e. The first kappa shape index (κ1) is 98.6. The Morgan fingerprint density at radius 3 is 1.00 bits per heavy atom. The van der Waals surface area contributed by atoms with Crippen LogP contribution in [0.2, 0.25) is 0 Å². The zero-order valence-corrected chi connectivity index (χ0v) is 67.0. The van der Waals surface area contributed by atoms with E-state index in [1.54, 1.807) is 0 Å². The average molecular weight is 1530 g/mol. The topological polar surface area (TPSA) is 307 Å². The van der Waals surface area contributed by atoms with Crippen LogP contribution in [0.5, 0.6) is 0 Å². The molecular weight excluding hydrogens is 1370 g/mol. The molecule has 19 heteroatoms. The van der Waals surface area contributed by atoms with Crippen molar-refractivity contribution in [3.8, 4) is 0 Å². The van der Waals surface area contributed by atoms with Gasteiger partial charge in [-0.1, -0.05) is 335 Å². The third-order valence-electron chi connectivity index (χ3n) is 20.9. The first-order valence-electron chi connectivity index (χ1n) is 43.1. The monoisotopic (exact) mass is 1530 g/mol. The molecule has 1 amide bonds. The number of ether oxygens (including phenoxy) is 6. The van der Waals surface area contributed by atoms with Crippen LogP contribution in [-0.4, -0.2) is 193 Å². The van der Waals surface area contributed by atoms with Gasteiger partial charge in [0, 0.05) is 6.42 Å². The van der Waals surface area contributed by atoms with Crippen molar-refractivity contribution in [2.45, 2.75) is 420 Å². The predicted molar refractivity (Wildman–Crippen MR) is 434 cm³/mol. The van der Waals surface area contributed by atoms with E-state index in [0.717, 1.165) is 116 Å². The van der Waals surface area contributed by atoms with E-state index in [0.29, 0.717) is 12.8 Å². The maximum atomic E-state index is 13.5. The second-order valence-corrected chi connectivity index (χ2v) is 30.3. The normalized spacial score (nSPS) is 26.0. The van der Waals surface area contributed by atoms with Crippen LogP contribution in [0.25, 0.3) is 0 Å². The molecule has 12 N–H and O–H groups in total. The van der Waals surface area contributed by atoms with Gasteiger partial charge in [0.2, 0.25) is 5.91 Å². The summed E-state index contributed by atoms with van der Waals surface area (Å²) in [6.07, 6.45) is 67.5. The molecule has 0 radical (unpaired) electrons. The molecule has 0 aliphatic carbocycles. The highest BCUT2D eigenvalue weighted by Crippen LogP contribution is 2.33. The van der Waals surface area contributed by atoms with E-state index in [9.17, 15) is 61.0 Å². The molecule has 0 aromatic carbocycles. The van der Waals surface area contributed by atoms with Crippen molar-refractivity contribution in [3.05, 3.63) is 109 Å². The van der Waals surface area contributed by atoms with E-state index in [1.165, 1.54) is 167 Å². The number of amides is 1. The third kappa shape index (κ3) is 46.6. The van der Waals surface area contributed by atoms with E-state index >= 15 is 0 Å². The van der Waals surface area contributed by atoms with E-state index in [-0.39, 0.29) is 18.9 Å². The average Bonchev–Trinajstić information content (AvgIpc) is 0.779. The summed E-state index contributed by atoms with van der Waals surface area (Å²) >= 11 is 0. The summed E-state index contributed by atoms with van der Waals surface area (Å²) < 4.78 is 34.6. The van der Waals surface area contributed by atoms with Crippen molar-refractivity contribution >= 4 is 5.91 Å². The van der Waals surface area contributed by atoms with Crippen molar-refractivity contribution < 1.29 is 89.4 Å². The molecule has 0 aromatic rings. The quantitative estimate of drug-likeness (QED) is 0.0199. The molecule has 3 heterocycles. The Bertz CT molecular complexity index is 2380. The molecule has 17 atom stereocenters. The molecule has 108 heavy (non-hydrogen) atoms. The fourth-order valence-electron chi connectivity index (χ4n) is 14.0. The fraction of sp³-hybridized carbons (Fsp3) is 0.787. The summed E-state index contributed by atoms with van der Waals surface area (Å²) in [5.74, 6) is -0.262. The van der Waals surface area contributed by atoms with Crippen molar-refractivity contribution in [1.82, 2.24) is 5.32 Å². The van der Waals surface area contributed by atoms with Gasteiger partial charge in [-0.15, -0.1) is 0 Å². The number of aliphatic hydroxyl groups is 11. The van der Waals surface area contributed by atoms with Crippen LogP contribution in [0.3, 0.4) is 0 Å². The molecule has 3 rings (SSSR count). The molecule has 3 aliphatic heterocycles. The van der Waals surface area contributed by atoms with Gasteiger partial charge in [-0.3, -0.25) is 4.79 Å². The molecule has 19 nitrogen and oxygen atoms in total. The number of aliphatic hydroxyl groups excluding tert-OH is 11. The van der Waals surface area contributed by atoms with Crippen LogP contribution in [0.15, 0.2) is 109 Å². The standard InChI is InChI=1S/C89H155NO18/c1-3-5-7-9-11-13-15-17-19-21-23-25-27-29-31-33-35-36-37-39-41-43-45-47-49-51-53-55-57-59-61-63-65-67-77(95)90-72(73(94)66-64-62-60-58-56-54-52-50-48-46-44-42-40-38-34-32-30-28-26-24-22-20-18-16-14-12-10-8-6-4-2)71-103-87-83(101)80(98)85(75(69-92)105-87)108-89-84(102)81(99)86(76(70-93)106-89)107-88-82(100)79(97)78(96)74(68-91)104-88/h5,7,11,13,17,19,23,25,29,31,35-36,39,41,45,47,51,53,72-76,78-89,91-94,96-102H,3-4,6,8-10,12,14-16,18,20-22,24,26-28,30,32-34,37-38,40,42-44,46,48-50,52,54-71H2,1-2H3,(H,90,95)/b7-5-,13-11-,19-17-,25-23-,31-29-,36-35-,41-39-,47-45-,53-51-. The van der Waals surface area contributed by atoms with Gasteiger partial charge in [0.1, 0.15) is 73.2 Å². The van der Waals surface area contributed by atoms with Crippen LogP contribution < -0.4 is 5.32 Å². The van der Waals surface area contributed by atoms with Crippen molar-refractivity contribution in [2.24, 2.45) is 0 Å². The predicted octanol–water partition coefficient (Wildman–Crippen LogP) is 15.7. The summed E-state index contributed by atoms with van der Waals surface area (Å²) in [4.78, 5) is 13.5. The van der Waals surface area contributed by atoms with Crippen LogP contribution in [0.4, 0.5) is 0 Å². The van der Waals surface area contributed by atoms with Crippen LogP contribution in [0.1, 0.15) is 316 Å². The SMILES string of the molecule is CC/C=C\C/C=C\C/C=C\C/C=C\C/C=C\C/C=C\C/C=C\C/C=C\C/C=C\CCCCCCCC(=O)NC(COC1OC(CO)C(OC2OC(CO)C(OC3OC(CO)C(O)C(O)C3O)C(O)C2O)C(O)C1O)C(O)CCCCCCCCCCCCCCCCCCCCCCCCCCCCCCCC. The van der Waals surface area contributed by atoms with Gasteiger partial charge in [0.25, 0.3) is 0 Å². The Balaban J connectivity index is 1.36. The fourth-order valence-corrected chi connectivity index (χ4v) is 14.0. The van der Waals surface area contributed by atoms with Crippen LogP contribution in [-0.2, 0) is 33.2 Å². The van der Waals surface area contributed by atoms with E-state index in [1.807, 2.05) is 0 Å². The molecule has 3 aliphatic rings. The number of hydrogen-bond donors (Lipinski definition) is 12. The van der Waals surface area contributed by atoms with Crippen LogP contribution in [0, 0.1) is 0 Å². The van der Waals surface area contributed by atoms with E-state index < -0.39 is 124 Å². The molecule has 3 fully saturated rings. The number of carbonyl (C=O) groups is 1. The Hall–Kier alpha value is -3.55. The minimum atomic E-state index is -1.98. The van der Waals surface area contributed by atoms with Gasteiger partial charge in [-0.2, -0.15) is 0 Å². The summed E-state index contributed by atoms with van der Waals surface area (Å²) in [6, 6.07) is -0.909. The molecule has 0 aromatic heterocycles. The first-order chi connectivity index (χ1) is 52.8. The highest BCUT2D eigenvalue weighted by Gasteiger charge is 2.54. The lowest BCUT2D eigenvalue weighted by Crippen LogP contribution is -2.66. The number of hydrogen-bond acceptors (Lipinski definition) is 18. The lowest BCUT2D eigenvalue weighted by atomic mass is 9.96. The number of nitrogens with one attached hydrogen (secondary N) is 1. The second kappa shape index (κ2) is 67.9. The molecule has 0 saturated carbocycles. The molecule has 0 bridgehead atoms. The van der Waals surface area contributed by atoms with Crippen molar-refractivity contribution in [2.75, 3.05) is 26.4 Å². The summed E-state index contributed by atoms with van der Waals surface area (Å²) in [5, 5.41) is 121. The largest absolute Gasteiger partial charge is 0.394 e. The van der Waals surface area contributed by atoms with E-state index in [4.69, 9.17) is 28.4 Å². The zero-order valence-electron chi connectivity index (χ0n) is 67.0. The van der Waals surface area contributed by atoms with Crippen LogP contribution >= 0.6 is 0 Å². The number of unbranched alkanes of at least 4 members (excludes halogenated alkanes) is 34. The lowest BCUT2D eigenvalue weighted by molar-refractivity contribution is -0.379. The van der Waals surface area contributed by atoms with Gasteiger partial charge in [-0.05, 0) is 83.5 Å². The Kier molecular flexibility index (Phi) is 62.0. The van der Waals surface area contributed by atoms with Gasteiger partial charge in [-0.25, -0.2) is 0 Å². The minimum absolute atomic E-state index is 0.237. The number of allylic oxidation sites excluding steroid dienone is 18.